The van der Waals surface area contributed by atoms with Crippen LogP contribution < -0.4 is 10.2 Å². The Labute approximate surface area is 128 Å². The predicted octanol–water partition coefficient (Wildman–Crippen LogP) is 4.12. The predicted molar refractivity (Wildman–Crippen MR) is 83.9 cm³/mol. The Hall–Kier alpha value is -2.43. The Morgan fingerprint density at radius 2 is 1.73 bits per heavy atom. The molecule has 2 aromatic rings. The molecule has 0 aliphatic rings. The maximum absolute atomic E-state index is 13.3. The Balaban J connectivity index is 2.09. The van der Waals surface area contributed by atoms with E-state index in [0.29, 0.717) is 5.56 Å². The molecule has 1 N–H and O–H groups in total. The van der Waals surface area contributed by atoms with Gasteiger partial charge >= 0.3 is 0 Å². The Kier molecular flexibility index (Phi) is 4.75. The van der Waals surface area contributed by atoms with Crippen molar-refractivity contribution in [1.29, 1.82) is 0 Å². The minimum Gasteiger partial charge on any atom is -0.379 e. The van der Waals surface area contributed by atoms with Crippen LogP contribution >= 0.6 is 0 Å². The first-order chi connectivity index (χ1) is 10.4. The number of nitrogens with zero attached hydrogens (tertiary/aromatic N) is 1. The van der Waals surface area contributed by atoms with Crippen LogP contribution in [0.15, 0.2) is 42.5 Å². The minimum atomic E-state index is -0.857. The first-order valence-electron chi connectivity index (χ1n) is 6.94. The Bertz CT molecular complexity index is 671. The highest BCUT2D eigenvalue weighted by molar-refractivity contribution is 5.91. The number of amides is 1. The number of rotatable bonds is 4. The van der Waals surface area contributed by atoms with Gasteiger partial charge in [-0.3, -0.25) is 4.79 Å². The van der Waals surface area contributed by atoms with Gasteiger partial charge in [-0.1, -0.05) is 6.07 Å². The number of anilines is 2. The van der Waals surface area contributed by atoms with Crippen LogP contribution in [0.2, 0.25) is 0 Å². The highest BCUT2D eigenvalue weighted by Crippen LogP contribution is 2.23. The van der Waals surface area contributed by atoms with Crippen LogP contribution in [0, 0.1) is 11.6 Å². The van der Waals surface area contributed by atoms with Gasteiger partial charge in [0.1, 0.15) is 0 Å². The van der Waals surface area contributed by atoms with E-state index < -0.39 is 11.6 Å². The number of carbonyl (C=O) groups excluding carboxylic acids is 1. The third-order valence-corrected chi connectivity index (χ3v) is 3.55. The summed E-state index contributed by atoms with van der Waals surface area (Å²) in [6, 6.07) is 11.0. The molecule has 0 fully saturated rings. The SMILES string of the molecule is CC(=O)N(C)c1ccc(NC(C)c2ccc(F)c(F)c2)cc1. The summed E-state index contributed by atoms with van der Waals surface area (Å²) in [5, 5.41) is 3.21. The quantitative estimate of drug-likeness (QED) is 0.921. The zero-order valence-electron chi connectivity index (χ0n) is 12.7. The van der Waals surface area contributed by atoms with Gasteiger partial charge in [0.2, 0.25) is 5.91 Å². The van der Waals surface area contributed by atoms with Crippen LogP contribution in [0.1, 0.15) is 25.5 Å². The number of halogens is 2. The summed E-state index contributed by atoms with van der Waals surface area (Å²) >= 11 is 0. The first kappa shape index (κ1) is 15.9. The molecule has 5 heteroatoms. The van der Waals surface area contributed by atoms with Gasteiger partial charge in [-0.05, 0) is 48.9 Å². The minimum absolute atomic E-state index is 0.0455. The fourth-order valence-corrected chi connectivity index (χ4v) is 2.08. The van der Waals surface area contributed by atoms with Crippen molar-refractivity contribution in [3.05, 3.63) is 59.7 Å². The largest absolute Gasteiger partial charge is 0.379 e. The lowest BCUT2D eigenvalue weighted by molar-refractivity contribution is -0.116. The molecule has 1 atom stereocenters. The summed E-state index contributed by atoms with van der Waals surface area (Å²) in [5.74, 6) is -1.76. The second-order valence-corrected chi connectivity index (χ2v) is 5.16. The van der Waals surface area contributed by atoms with Crippen LogP contribution in [-0.4, -0.2) is 13.0 Å². The molecule has 22 heavy (non-hydrogen) atoms. The van der Waals surface area contributed by atoms with E-state index in [9.17, 15) is 13.6 Å². The van der Waals surface area contributed by atoms with Gasteiger partial charge in [0.15, 0.2) is 11.6 Å². The summed E-state index contributed by atoms with van der Waals surface area (Å²) in [7, 11) is 1.70. The molecule has 0 aliphatic carbocycles. The van der Waals surface area contributed by atoms with E-state index in [2.05, 4.69) is 5.32 Å². The molecule has 0 saturated carbocycles. The summed E-state index contributed by atoms with van der Waals surface area (Å²) in [6.07, 6.45) is 0. The molecule has 1 amide bonds. The molecule has 116 valence electrons. The summed E-state index contributed by atoms with van der Waals surface area (Å²) in [4.78, 5) is 12.8. The third-order valence-electron chi connectivity index (χ3n) is 3.55. The molecular formula is C17H18F2N2O. The third kappa shape index (κ3) is 3.61. The number of hydrogen-bond donors (Lipinski definition) is 1. The second-order valence-electron chi connectivity index (χ2n) is 5.16. The van der Waals surface area contributed by atoms with E-state index in [0.717, 1.165) is 17.4 Å². The number of benzene rings is 2. The van der Waals surface area contributed by atoms with Crippen LogP contribution in [0.4, 0.5) is 20.2 Å². The van der Waals surface area contributed by atoms with Crippen molar-refractivity contribution in [1.82, 2.24) is 0 Å². The lowest BCUT2D eigenvalue weighted by atomic mass is 10.1. The van der Waals surface area contributed by atoms with Gasteiger partial charge in [0.05, 0.1) is 0 Å². The summed E-state index contributed by atoms with van der Waals surface area (Å²) in [5.41, 5.74) is 2.28. The topological polar surface area (TPSA) is 32.3 Å². The van der Waals surface area contributed by atoms with Gasteiger partial charge < -0.3 is 10.2 Å². The molecule has 0 saturated heterocycles. The van der Waals surface area contributed by atoms with Crippen molar-refractivity contribution in [2.75, 3.05) is 17.3 Å². The van der Waals surface area contributed by atoms with Gasteiger partial charge in [-0.25, -0.2) is 8.78 Å². The molecule has 0 bridgehead atoms. The smallest absolute Gasteiger partial charge is 0.223 e. The van der Waals surface area contributed by atoms with Crippen molar-refractivity contribution in [2.45, 2.75) is 19.9 Å². The molecule has 0 spiro atoms. The first-order valence-corrected chi connectivity index (χ1v) is 6.94. The highest BCUT2D eigenvalue weighted by atomic mass is 19.2. The lowest BCUT2D eigenvalue weighted by Gasteiger charge is -2.18. The van der Waals surface area contributed by atoms with Crippen LogP contribution in [-0.2, 0) is 4.79 Å². The standard InChI is InChI=1S/C17H18F2N2O/c1-11(13-4-9-16(18)17(19)10-13)20-14-5-7-15(8-6-14)21(3)12(2)22/h4-11,20H,1-3H3. The fourth-order valence-electron chi connectivity index (χ4n) is 2.08. The van der Waals surface area contributed by atoms with Gasteiger partial charge in [0, 0.05) is 31.4 Å². The van der Waals surface area contributed by atoms with E-state index in [1.807, 2.05) is 31.2 Å². The van der Waals surface area contributed by atoms with Crippen molar-refractivity contribution in [3.8, 4) is 0 Å². The molecule has 2 rings (SSSR count). The van der Waals surface area contributed by atoms with E-state index in [1.54, 1.807) is 18.0 Å². The zero-order valence-corrected chi connectivity index (χ0v) is 12.7. The van der Waals surface area contributed by atoms with E-state index in [1.165, 1.54) is 13.0 Å². The van der Waals surface area contributed by atoms with Crippen molar-refractivity contribution >= 4 is 17.3 Å². The Morgan fingerprint density at radius 1 is 1.09 bits per heavy atom. The van der Waals surface area contributed by atoms with Crippen LogP contribution in [0.5, 0.6) is 0 Å². The number of carbonyl (C=O) groups is 1. The summed E-state index contributed by atoms with van der Waals surface area (Å²) < 4.78 is 26.2. The second kappa shape index (κ2) is 6.56. The monoisotopic (exact) mass is 304 g/mol. The van der Waals surface area contributed by atoms with E-state index >= 15 is 0 Å². The van der Waals surface area contributed by atoms with Crippen molar-refractivity contribution in [3.63, 3.8) is 0 Å². The molecular weight excluding hydrogens is 286 g/mol. The van der Waals surface area contributed by atoms with Gasteiger partial charge in [-0.15, -0.1) is 0 Å². The molecule has 0 radical (unpaired) electrons. The van der Waals surface area contributed by atoms with Crippen LogP contribution in [0.3, 0.4) is 0 Å². The van der Waals surface area contributed by atoms with E-state index in [4.69, 9.17) is 0 Å². The zero-order chi connectivity index (χ0) is 16.3. The normalized spacial score (nSPS) is 11.9. The maximum Gasteiger partial charge on any atom is 0.223 e. The number of nitrogens with one attached hydrogen (secondary N) is 1. The lowest BCUT2D eigenvalue weighted by Crippen LogP contribution is -2.22. The van der Waals surface area contributed by atoms with Gasteiger partial charge in [0.25, 0.3) is 0 Å². The van der Waals surface area contributed by atoms with E-state index in [-0.39, 0.29) is 11.9 Å². The maximum atomic E-state index is 13.3. The van der Waals surface area contributed by atoms with Gasteiger partial charge in [-0.2, -0.15) is 0 Å². The van der Waals surface area contributed by atoms with Crippen molar-refractivity contribution in [2.24, 2.45) is 0 Å². The molecule has 1 unspecified atom stereocenters. The summed E-state index contributed by atoms with van der Waals surface area (Å²) in [6.45, 7) is 3.36. The molecule has 3 nitrogen and oxygen atoms in total. The molecule has 0 aromatic heterocycles. The van der Waals surface area contributed by atoms with Crippen molar-refractivity contribution < 1.29 is 13.6 Å². The molecule has 0 heterocycles. The average molecular weight is 304 g/mol. The average Bonchev–Trinajstić information content (AvgIpc) is 2.50. The molecule has 0 aliphatic heterocycles. The number of hydrogen-bond acceptors (Lipinski definition) is 2. The Morgan fingerprint density at radius 3 is 2.27 bits per heavy atom. The highest BCUT2D eigenvalue weighted by Gasteiger charge is 2.10. The van der Waals surface area contributed by atoms with Crippen LogP contribution in [0.25, 0.3) is 0 Å². The fraction of sp³-hybridized carbons (Fsp3) is 0.235. The molecule has 2 aromatic carbocycles.